The van der Waals surface area contributed by atoms with Crippen LogP contribution in [-0.2, 0) is 7.05 Å². The second kappa shape index (κ2) is 7.97. The number of pyridine rings is 1. The highest BCUT2D eigenvalue weighted by molar-refractivity contribution is 6.03. The summed E-state index contributed by atoms with van der Waals surface area (Å²) in [5, 5.41) is 11.8. The Labute approximate surface area is 187 Å². The third-order valence-electron chi connectivity index (χ3n) is 4.91. The van der Waals surface area contributed by atoms with Crippen LogP contribution in [0.1, 0.15) is 10.4 Å². The Hall–Kier alpha value is -4.91. The molecule has 5 aromatic rings. The Balaban J connectivity index is 1.45. The molecule has 9 nitrogen and oxygen atoms in total. The molecule has 1 N–H and O–H groups in total. The lowest BCUT2D eigenvalue weighted by molar-refractivity contribution is 0.102. The number of nitrogens with one attached hydrogen (secondary N) is 1. The lowest BCUT2D eigenvalue weighted by atomic mass is 10.1. The minimum Gasteiger partial charge on any atom is -0.361 e. The van der Waals surface area contributed by atoms with E-state index in [4.69, 9.17) is 6.57 Å². The first-order chi connectivity index (χ1) is 16.0. The largest absolute Gasteiger partial charge is 0.361 e. The summed E-state index contributed by atoms with van der Waals surface area (Å²) in [6.45, 7) is 6.94. The summed E-state index contributed by atoms with van der Waals surface area (Å²) in [5.74, 6) is -0.175. The monoisotopic (exact) mass is 438 g/mol. The van der Waals surface area contributed by atoms with E-state index in [1.54, 1.807) is 40.6 Å². The first-order valence-corrected chi connectivity index (χ1v) is 9.81. The van der Waals surface area contributed by atoms with E-state index in [1.807, 2.05) is 12.3 Å². The van der Waals surface area contributed by atoms with E-state index in [-0.39, 0.29) is 11.6 Å². The highest BCUT2D eigenvalue weighted by Crippen LogP contribution is 2.30. The number of imidazole rings is 1. The first-order valence-electron chi connectivity index (χ1n) is 9.81. The van der Waals surface area contributed by atoms with Crippen molar-refractivity contribution in [3.8, 4) is 22.5 Å². The maximum Gasteiger partial charge on any atom is 0.269 e. The lowest BCUT2D eigenvalue weighted by Crippen LogP contribution is -2.12. The third kappa shape index (κ3) is 3.90. The van der Waals surface area contributed by atoms with Crippen molar-refractivity contribution in [2.45, 2.75) is 0 Å². The summed E-state index contributed by atoms with van der Waals surface area (Å²) in [6, 6.07) is 12.7. The molecule has 33 heavy (non-hydrogen) atoms. The van der Waals surface area contributed by atoms with E-state index in [9.17, 15) is 9.18 Å². The molecule has 0 bridgehead atoms. The van der Waals surface area contributed by atoms with Gasteiger partial charge in [-0.05, 0) is 42.5 Å². The van der Waals surface area contributed by atoms with Gasteiger partial charge in [0.05, 0.1) is 17.5 Å². The number of halogens is 1. The van der Waals surface area contributed by atoms with Crippen molar-refractivity contribution in [3.05, 3.63) is 89.9 Å². The van der Waals surface area contributed by atoms with Crippen LogP contribution >= 0.6 is 0 Å². The second-order valence-corrected chi connectivity index (χ2v) is 7.19. The summed E-state index contributed by atoms with van der Waals surface area (Å²) in [4.78, 5) is 24.0. The predicted molar refractivity (Wildman–Crippen MR) is 119 cm³/mol. The Morgan fingerprint density at radius 3 is 2.61 bits per heavy atom. The average molecular weight is 438 g/mol. The molecule has 4 aromatic heterocycles. The first kappa shape index (κ1) is 20.0. The SMILES string of the molecule is [C-]#[N+]c1ccc(C(=O)Nc2cn3nc(-c4cn(C)nc4-c4ccc(F)cc4)ccc3n2)cn1. The average Bonchev–Trinajstić information content (AvgIpc) is 3.41. The standard InChI is InChI=1S/C23H15FN8O/c1-25-19-9-5-15(11-26-19)23(33)28-20-13-32-21(27-20)10-8-18(29-32)17-12-31(2)30-22(17)14-3-6-16(24)7-4-14/h3-13H,2H3,(H,28,33). The van der Waals surface area contributed by atoms with Crippen LogP contribution in [-0.4, -0.2) is 35.3 Å². The maximum absolute atomic E-state index is 13.3. The Bertz CT molecular complexity index is 1530. The van der Waals surface area contributed by atoms with Crippen molar-refractivity contribution in [2.24, 2.45) is 7.05 Å². The van der Waals surface area contributed by atoms with Gasteiger partial charge in [0.2, 0.25) is 0 Å². The molecular weight excluding hydrogens is 423 g/mol. The fraction of sp³-hybridized carbons (Fsp3) is 0.0435. The molecule has 0 atom stereocenters. The van der Waals surface area contributed by atoms with E-state index < -0.39 is 5.91 Å². The van der Waals surface area contributed by atoms with E-state index in [2.05, 4.69) is 30.3 Å². The molecule has 0 saturated carbocycles. The molecule has 0 aliphatic rings. The number of benzene rings is 1. The summed E-state index contributed by atoms with van der Waals surface area (Å²) in [7, 11) is 1.80. The van der Waals surface area contributed by atoms with E-state index >= 15 is 0 Å². The molecule has 0 spiro atoms. The van der Waals surface area contributed by atoms with Gasteiger partial charge in [-0.1, -0.05) is 12.6 Å². The van der Waals surface area contributed by atoms with Crippen molar-refractivity contribution in [3.63, 3.8) is 0 Å². The lowest BCUT2D eigenvalue weighted by Gasteiger charge is -2.03. The Kier molecular flexibility index (Phi) is 4.84. The van der Waals surface area contributed by atoms with Gasteiger partial charge >= 0.3 is 0 Å². The van der Waals surface area contributed by atoms with Gasteiger partial charge in [0.1, 0.15) is 17.7 Å². The number of rotatable bonds is 4. The van der Waals surface area contributed by atoms with E-state index in [0.29, 0.717) is 28.4 Å². The quantitative estimate of drug-likeness (QED) is 0.426. The van der Waals surface area contributed by atoms with Crippen LogP contribution in [0.25, 0.3) is 33.0 Å². The molecule has 0 saturated heterocycles. The highest BCUT2D eigenvalue weighted by atomic mass is 19.1. The van der Waals surface area contributed by atoms with E-state index in [0.717, 1.165) is 11.1 Å². The summed E-state index contributed by atoms with van der Waals surface area (Å²) in [5.41, 5.74) is 3.72. The second-order valence-electron chi connectivity index (χ2n) is 7.19. The molecule has 160 valence electrons. The third-order valence-corrected chi connectivity index (χ3v) is 4.91. The minimum atomic E-state index is -0.395. The van der Waals surface area contributed by atoms with Gasteiger partial charge in [0, 0.05) is 24.4 Å². The molecule has 0 aliphatic carbocycles. The van der Waals surface area contributed by atoms with Gasteiger partial charge < -0.3 is 10.2 Å². The number of nitrogens with zero attached hydrogens (tertiary/aromatic N) is 7. The summed E-state index contributed by atoms with van der Waals surface area (Å²) >= 11 is 0. The number of fused-ring (bicyclic) bond motifs is 1. The fourth-order valence-electron chi connectivity index (χ4n) is 3.36. The van der Waals surface area contributed by atoms with Crippen LogP contribution < -0.4 is 5.32 Å². The van der Waals surface area contributed by atoms with Crippen LogP contribution in [0.5, 0.6) is 0 Å². The fourth-order valence-corrected chi connectivity index (χ4v) is 3.36. The molecule has 5 rings (SSSR count). The van der Waals surface area contributed by atoms with Crippen LogP contribution in [0.15, 0.2) is 67.1 Å². The van der Waals surface area contributed by atoms with Crippen molar-refractivity contribution >= 4 is 23.2 Å². The Morgan fingerprint density at radius 2 is 1.88 bits per heavy atom. The summed E-state index contributed by atoms with van der Waals surface area (Å²) < 4.78 is 16.6. The number of anilines is 1. The topological polar surface area (TPSA) is 94.4 Å². The minimum absolute atomic E-state index is 0.214. The maximum atomic E-state index is 13.3. The molecule has 0 fully saturated rings. The van der Waals surface area contributed by atoms with Gasteiger partial charge in [-0.3, -0.25) is 9.48 Å². The Morgan fingerprint density at radius 1 is 1.06 bits per heavy atom. The van der Waals surface area contributed by atoms with Crippen LogP contribution in [0.4, 0.5) is 16.0 Å². The number of carbonyl (C=O) groups excluding carboxylic acids is 1. The van der Waals surface area contributed by atoms with Gasteiger partial charge in [-0.2, -0.15) is 10.2 Å². The molecule has 1 amide bonds. The molecular formula is C23H15FN8O. The van der Waals surface area contributed by atoms with E-state index in [1.165, 1.54) is 30.5 Å². The van der Waals surface area contributed by atoms with Gasteiger partial charge in [0.15, 0.2) is 11.5 Å². The number of aromatic nitrogens is 6. The molecule has 4 heterocycles. The predicted octanol–water partition coefficient (Wildman–Crippen LogP) is 4.13. The van der Waals surface area contributed by atoms with Gasteiger partial charge in [-0.25, -0.2) is 13.9 Å². The zero-order chi connectivity index (χ0) is 22.9. The molecule has 0 aliphatic heterocycles. The van der Waals surface area contributed by atoms with Crippen molar-refractivity contribution in [1.82, 2.24) is 29.4 Å². The number of carbonyl (C=O) groups is 1. The van der Waals surface area contributed by atoms with Crippen molar-refractivity contribution in [2.75, 3.05) is 5.32 Å². The van der Waals surface area contributed by atoms with Crippen LogP contribution in [0.2, 0.25) is 0 Å². The smallest absolute Gasteiger partial charge is 0.269 e. The number of amides is 1. The van der Waals surface area contributed by atoms with Gasteiger partial charge in [0.25, 0.3) is 11.7 Å². The number of hydrogen-bond acceptors (Lipinski definition) is 5. The molecule has 0 unspecified atom stereocenters. The van der Waals surface area contributed by atoms with Gasteiger partial charge in [-0.15, -0.1) is 4.98 Å². The molecule has 1 aromatic carbocycles. The van der Waals surface area contributed by atoms with Crippen molar-refractivity contribution in [1.29, 1.82) is 0 Å². The zero-order valence-electron chi connectivity index (χ0n) is 17.3. The van der Waals surface area contributed by atoms with Crippen LogP contribution in [0.3, 0.4) is 0 Å². The normalized spacial score (nSPS) is 10.8. The van der Waals surface area contributed by atoms with Crippen LogP contribution in [0, 0.1) is 12.4 Å². The highest BCUT2D eigenvalue weighted by Gasteiger charge is 2.16. The molecule has 0 radical (unpaired) electrons. The van der Waals surface area contributed by atoms with Crippen molar-refractivity contribution < 1.29 is 9.18 Å². The molecule has 10 heteroatoms. The zero-order valence-corrected chi connectivity index (χ0v) is 17.3. The number of aryl methyl sites for hydroxylation is 1. The number of hydrogen-bond donors (Lipinski definition) is 1. The summed E-state index contributed by atoms with van der Waals surface area (Å²) in [6.07, 6.45) is 4.78.